The van der Waals surface area contributed by atoms with Gasteiger partial charge in [-0.25, -0.2) is 4.39 Å². The number of halogens is 1. The first-order chi connectivity index (χ1) is 11.9. The highest BCUT2D eigenvalue weighted by Crippen LogP contribution is 2.15. The molecule has 6 heteroatoms. The van der Waals surface area contributed by atoms with Gasteiger partial charge in [0.1, 0.15) is 5.82 Å². The minimum absolute atomic E-state index is 0.190. The monoisotopic (exact) mass is 345 g/mol. The average Bonchev–Trinajstić information content (AvgIpc) is 2.85. The van der Waals surface area contributed by atoms with E-state index in [4.69, 9.17) is 4.74 Å². The number of nitrogens with one attached hydrogen (secondary N) is 1. The Morgan fingerprint density at radius 3 is 2.64 bits per heavy atom. The highest BCUT2D eigenvalue weighted by atomic mass is 19.1. The van der Waals surface area contributed by atoms with E-state index in [1.165, 1.54) is 18.2 Å². The summed E-state index contributed by atoms with van der Waals surface area (Å²) in [6.45, 7) is 7.42. The van der Waals surface area contributed by atoms with Crippen LogP contribution in [0.3, 0.4) is 0 Å². The summed E-state index contributed by atoms with van der Waals surface area (Å²) in [5.74, 6) is -0.484. The molecular formula is C19H24FN3O2. The van der Waals surface area contributed by atoms with Gasteiger partial charge < -0.3 is 10.1 Å². The van der Waals surface area contributed by atoms with Crippen LogP contribution in [-0.2, 0) is 22.6 Å². The van der Waals surface area contributed by atoms with Crippen LogP contribution < -0.4 is 5.32 Å². The number of aryl methyl sites for hydroxylation is 1. The van der Waals surface area contributed by atoms with Gasteiger partial charge in [0.2, 0.25) is 5.91 Å². The lowest BCUT2D eigenvalue weighted by molar-refractivity contribution is -0.116. The number of nitrogens with zero attached hydrogens (tertiary/aromatic N) is 2. The van der Waals surface area contributed by atoms with Crippen molar-refractivity contribution in [3.63, 3.8) is 0 Å². The molecule has 1 amide bonds. The maximum absolute atomic E-state index is 13.0. The van der Waals surface area contributed by atoms with Crippen LogP contribution in [-0.4, -0.2) is 29.4 Å². The van der Waals surface area contributed by atoms with Crippen LogP contribution in [0.25, 0.3) is 5.57 Å². The number of hydrogen-bond donors (Lipinski definition) is 1. The zero-order valence-corrected chi connectivity index (χ0v) is 15.1. The molecule has 0 aliphatic rings. The topological polar surface area (TPSA) is 56.1 Å². The number of hydrogen-bond acceptors (Lipinski definition) is 3. The first kappa shape index (κ1) is 18.9. The second kappa shape index (κ2) is 8.58. The van der Waals surface area contributed by atoms with E-state index in [1.807, 2.05) is 25.5 Å². The lowest BCUT2D eigenvalue weighted by Gasteiger charge is -2.06. The van der Waals surface area contributed by atoms with Crippen LogP contribution in [0.4, 0.5) is 4.39 Å². The van der Waals surface area contributed by atoms with E-state index in [2.05, 4.69) is 10.4 Å². The van der Waals surface area contributed by atoms with Gasteiger partial charge in [0.25, 0.3) is 0 Å². The predicted octanol–water partition coefficient (Wildman–Crippen LogP) is 3.01. The largest absolute Gasteiger partial charge is 0.383 e. The van der Waals surface area contributed by atoms with Crippen LogP contribution >= 0.6 is 0 Å². The fourth-order valence-corrected chi connectivity index (χ4v) is 2.60. The van der Waals surface area contributed by atoms with Gasteiger partial charge in [-0.1, -0.05) is 12.1 Å². The van der Waals surface area contributed by atoms with Crippen molar-refractivity contribution in [1.82, 2.24) is 15.1 Å². The third kappa shape index (κ3) is 5.00. The van der Waals surface area contributed by atoms with E-state index >= 15 is 0 Å². The highest BCUT2D eigenvalue weighted by Gasteiger charge is 2.12. The fourth-order valence-electron chi connectivity index (χ4n) is 2.60. The molecule has 1 heterocycles. The summed E-state index contributed by atoms with van der Waals surface area (Å²) in [7, 11) is 1.66. The van der Waals surface area contributed by atoms with Crippen molar-refractivity contribution in [2.45, 2.75) is 33.9 Å². The highest BCUT2D eigenvalue weighted by molar-refractivity contribution is 5.94. The number of aromatic nitrogens is 2. The van der Waals surface area contributed by atoms with Gasteiger partial charge in [0.05, 0.1) is 18.8 Å². The zero-order chi connectivity index (χ0) is 18.4. The van der Waals surface area contributed by atoms with Crippen molar-refractivity contribution in [3.8, 4) is 0 Å². The third-order valence-electron chi connectivity index (χ3n) is 4.13. The van der Waals surface area contributed by atoms with Gasteiger partial charge in [-0.15, -0.1) is 0 Å². The van der Waals surface area contributed by atoms with Crippen molar-refractivity contribution in [3.05, 3.63) is 58.7 Å². The molecule has 0 aliphatic heterocycles. The molecule has 0 unspecified atom stereocenters. The summed E-state index contributed by atoms with van der Waals surface area (Å²) in [5, 5.41) is 7.36. The molecule has 1 N–H and O–H groups in total. The lowest BCUT2D eigenvalue weighted by atomic mass is 10.1. The number of carbonyl (C=O) groups is 1. The molecule has 2 rings (SSSR count). The van der Waals surface area contributed by atoms with E-state index < -0.39 is 0 Å². The molecule has 1 aromatic carbocycles. The number of carbonyl (C=O) groups excluding carboxylic acids is 1. The molecule has 0 aliphatic carbocycles. The Balaban J connectivity index is 2.01. The minimum Gasteiger partial charge on any atom is -0.383 e. The second-order valence-electron chi connectivity index (χ2n) is 5.92. The van der Waals surface area contributed by atoms with Crippen LogP contribution in [0.5, 0.6) is 0 Å². The quantitative estimate of drug-likeness (QED) is 0.785. The van der Waals surface area contributed by atoms with Gasteiger partial charge in [-0.05, 0) is 44.0 Å². The number of rotatable bonds is 7. The standard InChI is InChI=1S/C19H24FN3O2/c1-13(16-5-7-17(20)8-6-16)11-19(24)21-12-18-14(2)22-23(15(18)3)9-10-25-4/h5-8,11H,9-10,12H2,1-4H3,(H,21,24)/b13-11+. The Hall–Kier alpha value is -2.47. The molecule has 0 spiro atoms. The fraction of sp³-hybridized carbons (Fsp3) is 0.368. The Labute approximate surface area is 147 Å². The molecule has 0 radical (unpaired) electrons. The number of allylic oxidation sites excluding steroid dienone is 1. The normalized spacial score (nSPS) is 11.6. The Morgan fingerprint density at radius 2 is 2.00 bits per heavy atom. The van der Waals surface area contributed by atoms with Gasteiger partial charge in [-0.2, -0.15) is 5.10 Å². The maximum atomic E-state index is 13.0. The van der Waals surface area contributed by atoms with Gasteiger partial charge in [0, 0.05) is 31.0 Å². The summed E-state index contributed by atoms with van der Waals surface area (Å²) in [5.41, 5.74) is 4.53. The van der Waals surface area contributed by atoms with Crippen molar-refractivity contribution >= 4 is 11.5 Å². The summed E-state index contributed by atoms with van der Waals surface area (Å²) in [6, 6.07) is 6.07. The summed E-state index contributed by atoms with van der Waals surface area (Å²) in [6.07, 6.45) is 1.52. The molecule has 0 saturated carbocycles. The number of benzene rings is 1. The first-order valence-electron chi connectivity index (χ1n) is 8.16. The van der Waals surface area contributed by atoms with Crippen molar-refractivity contribution in [2.75, 3.05) is 13.7 Å². The molecule has 25 heavy (non-hydrogen) atoms. The van der Waals surface area contributed by atoms with E-state index in [9.17, 15) is 9.18 Å². The van der Waals surface area contributed by atoms with Gasteiger partial charge >= 0.3 is 0 Å². The zero-order valence-electron chi connectivity index (χ0n) is 15.1. The summed E-state index contributed by atoms with van der Waals surface area (Å²) in [4.78, 5) is 12.2. The maximum Gasteiger partial charge on any atom is 0.244 e. The van der Waals surface area contributed by atoms with Crippen molar-refractivity contribution in [2.24, 2.45) is 0 Å². The molecule has 0 bridgehead atoms. The Kier molecular flexibility index (Phi) is 6.47. The Morgan fingerprint density at radius 1 is 1.32 bits per heavy atom. The van der Waals surface area contributed by atoms with Crippen molar-refractivity contribution < 1.29 is 13.9 Å². The van der Waals surface area contributed by atoms with Crippen LogP contribution in [0.1, 0.15) is 29.4 Å². The number of methoxy groups -OCH3 is 1. The van der Waals surface area contributed by atoms with Crippen LogP contribution in [0.15, 0.2) is 30.3 Å². The summed E-state index contributed by atoms with van der Waals surface area (Å²) < 4.78 is 19.9. The molecule has 1 aromatic heterocycles. The molecular weight excluding hydrogens is 321 g/mol. The molecule has 0 saturated heterocycles. The molecule has 134 valence electrons. The van der Waals surface area contributed by atoms with E-state index in [1.54, 1.807) is 19.2 Å². The molecule has 5 nitrogen and oxygen atoms in total. The smallest absolute Gasteiger partial charge is 0.244 e. The minimum atomic E-state index is -0.294. The first-order valence-corrected chi connectivity index (χ1v) is 8.16. The lowest BCUT2D eigenvalue weighted by Crippen LogP contribution is -2.21. The SMILES string of the molecule is COCCn1nc(C)c(CNC(=O)/C=C(\C)c2ccc(F)cc2)c1C. The molecule has 0 atom stereocenters. The number of amides is 1. The van der Waals surface area contributed by atoms with Crippen LogP contribution in [0.2, 0.25) is 0 Å². The average molecular weight is 345 g/mol. The van der Waals surface area contributed by atoms with Crippen molar-refractivity contribution in [1.29, 1.82) is 0 Å². The second-order valence-corrected chi connectivity index (χ2v) is 5.92. The summed E-state index contributed by atoms with van der Waals surface area (Å²) >= 11 is 0. The Bertz CT molecular complexity index is 764. The third-order valence-corrected chi connectivity index (χ3v) is 4.13. The predicted molar refractivity (Wildman–Crippen MR) is 95.5 cm³/mol. The van der Waals surface area contributed by atoms with Gasteiger partial charge in [-0.3, -0.25) is 9.48 Å². The van der Waals surface area contributed by atoms with Crippen LogP contribution in [0, 0.1) is 19.7 Å². The van der Waals surface area contributed by atoms with E-state index in [-0.39, 0.29) is 11.7 Å². The van der Waals surface area contributed by atoms with E-state index in [0.29, 0.717) is 19.7 Å². The molecule has 2 aromatic rings. The number of ether oxygens (including phenoxy) is 1. The van der Waals surface area contributed by atoms with Gasteiger partial charge in [0.15, 0.2) is 0 Å². The molecule has 0 fully saturated rings. The van der Waals surface area contributed by atoms with E-state index in [0.717, 1.165) is 28.1 Å².